The highest BCUT2D eigenvalue weighted by molar-refractivity contribution is 7.98. The van der Waals surface area contributed by atoms with Crippen LogP contribution in [0, 0.1) is 0 Å². The lowest BCUT2D eigenvalue weighted by Gasteiger charge is -2.15. The minimum absolute atomic E-state index is 0.124. The van der Waals surface area contributed by atoms with Crippen LogP contribution >= 0.6 is 11.8 Å². The van der Waals surface area contributed by atoms with Crippen molar-refractivity contribution in [3.05, 3.63) is 145 Å². The van der Waals surface area contributed by atoms with Crippen molar-refractivity contribution in [1.82, 2.24) is 44.9 Å². The van der Waals surface area contributed by atoms with E-state index in [4.69, 9.17) is 28.7 Å². The van der Waals surface area contributed by atoms with E-state index in [1.807, 2.05) is 111 Å². The summed E-state index contributed by atoms with van der Waals surface area (Å²) in [6.07, 6.45) is 12.0. The first-order valence-electron chi connectivity index (χ1n) is 23.1. The van der Waals surface area contributed by atoms with Crippen LogP contribution in [0.25, 0.3) is 32.7 Å². The average molecular weight is 1040 g/mol. The van der Waals surface area contributed by atoms with Crippen molar-refractivity contribution in [3.63, 3.8) is 0 Å². The summed E-state index contributed by atoms with van der Waals surface area (Å²) >= 11 is 1.39. The molecule has 9 aromatic rings. The summed E-state index contributed by atoms with van der Waals surface area (Å²) in [5.41, 5.74) is 32.2. The topological polar surface area (TPSA) is 392 Å². The normalized spacial score (nSPS) is 11.4. The standard InChI is InChI=1S/2C18H19N7O2.C15H13N5OS/c2*1-2-13(16(20)27)24-18-22-9-12(15(19)26)17(25-18)23-11-5-6-14-10(8-11)4-3-7-21-14;1-22-15-18-8-11(13(16)21)14(20-15)19-10-4-5-12-9(7-10)3-2-6-17-12/h2*3-9,13H,2H2,1H3,(H2,19,26)(H2,20,27)(H2,22,23,24,25);2-8H,1H3,(H2,16,21)(H,18,19,20)/t2*13-;/m11./s1. The van der Waals surface area contributed by atoms with E-state index in [-0.39, 0.29) is 40.2 Å². The van der Waals surface area contributed by atoms with E-state index >= 15 is 0 Å². The van der Waals surface area contributed by atoms with E-state index in [0.717, 1.165) is 38.4 Å². The lowest BCUT2D eigenvalue weighted by molar-refractivity contribution is -0.119. The van der Waals surface area contributed by atoms with Gasteiger partial charge in [0, 0.05) is 70.4 Å². The third-order valence-electron chi connectivity index (χ3n) is 11.0. The van der Waals surface area contributed by atoms with Crippen molar-refractivity contribution >= 4 is 120 Å². The molecule has 0 radical (unpaired) electrons. The van der Waals surface area contributed by atoms with Crippen LogP contribution in [0.15, 0.2) is 133 Å². The van der Waals surface area contributed by atoms with Gasteiger partial charge < -0.3 is 55.3 Å². The van der Waals surface area contributed by atoms with Gasteiger partial charge >= 0.3 is 0 Å². The van der Waals surface area contributed by atoms with Crippen molar-refractivity contribution in [2.75, 3.05) is 32.8 Å². The monoisotopic (exact) mass is 1040 g/mol. The Morgan fingerprint density at radius 3 is 1.13 bits per heavy atom. The van der Waals surface area contributed by atoms with Crippen LogP contribution in [0.3, 0.4) is 0 Å². The first-order chi connectivity index (χ1) is 36.6. The summed E-state index contributed by atoms with van der Waals surface area (Å²) in [5, 5.41) is 18.4. The highest BCUT2D eigenvalue weighted by atomic mass is 32.2. The Morgan fingerprint density at radius 1 is 0.474 bits per heavy atom. The average Bonchev–Trinajstić information content (AvgIpc) is 3.42. The number of pyridine rings is 3. The number of nitrogens with one attached hydrogen (secondary N) is 5. The fraction of sp³-hybridized carbons (Fsp3) is 0.137. The van der Waals surface area contributed by atoms with E-state index in [0.29, 0.717) is 35.2 Å². The van der Waals surface area contributed by atoms with E-state index in [9.17, 15) is 24.0 Å². The molecule has 386 valence electrons. The first-order valence-corrected chi connectivity index (χ1v) is 24.4. The summed E-state index contributed by atoms with van der Waals surface area (Å²) in [5.74, 6) is -1.78. The van der Waals surface area contributed by atoms with Crippen molar-refractivity contribution in [1.29, 1.82) is 0 Å². The van der Waals surface area contributed by atoms with Crippen molar-refractivity contribution in [2.45, 2.75) is 43.9 Å². The second-order valence-corrected chi connectivity index (χ2v) is 17.0. The Kier molecular flexibility index (Phi) is 17.6. The van der Waals surface area contributed by atoms with Crippen LogP contribution in [-0.2, 0) is 9.59 Å². The highest BCUT2D eigenvalue weighted by Gasteiger charge is 2.20. The Bertz CT molecular complexity index is 3440. The van der Waals surface area contributed by atoms with Gasteiger partial charge in [-0.2, -0.15) is 9.97 Å². The number of carbonyl (C=O) groups excluding carboxylic acids is 5. The number of anilines is 8. The number of hydrogen-bond donors (Lipinski definition) is 10. The number of aromatic nitrogens is 9. The number of rotatable bonds is 18. The lowest BCUT2D eigenvalue weighted by Crippen LogP contribution is -2.35. The molecule has 0 unspecified atom stereocenters. The molecule has 2 atom stereocenters. The fourth-order valence-corrected chi connectivity index (χ4v) is 7.46. The van der Waals surface area contributed by atoms with Gasteiger partial charge in [-0.05, 0) is 91.9 Å². The Labute approximate surface area is 438 Å². The number of carbonyl (C=O) groups is 5. The van der Waals surface area contributed by atoms with E-state index in [1.165, 1.54) is 30.4 Å². The maximum Gasteiger partial charge on any atom is 0.254 e. The number of hydrogen-bond acceptors (Lipinski definition) is 20. The smallest absolute Gasteiger partial charge is 0.254 e. The number of primary amides is 5. The van der Waals surface area contributed by atoms with Crippen molar-refractivity contribution < 1.29 is 24.0 Å². The summed E-state index contributed by atoms with van der Waals surface area (Å²) in [6, 6.07) is 26.9. The van der Waals surface area contributed by atoms with Gasteiger partial charge in [0.1, 0.15) is 46.2 Å². The molecule has 3 aromatic carbocycles. The largest absolute Gasteiger partial charge is 0.368 e. The molecule has 76 heavy (non-hydrogen) atoms. The van der Waals surface area contributed by atoms with Crippen molar-refractivity contribution in [2.24, 2.45) is 28.7 Å². The Hall–Kier alpha value is -10.2. The molecule has 6 heterocycles. The van der Waals surface area contributed by atoms with Crippen LogP contribution in [0.2, 0.25) is 0 Å². The Morgan fingerprint density at radius 2 is 0.816 bits per heavy atom. The van der Waals surface area contributed by atoms with Crippen molar-refractivity contribution in [3.8, 4) is 0 Å². The summed E-state index contributed by atoms with van der Waals surface area (Å²) in [4.78, 5) is 95.6. The summed E-state index contributed by atoms with van der Waals surface area (Å²) < 4.78 is 0. The van der Waals surface area contributed by atoms with Gasteiger partial charge in [0.15, 0.2) is 5.16 Å². The van der Waals surface area contributed by atoms with Crippen LogP contribution < -0.4 is 55.3 Å². The molecule has 0 spiro atoms. The minimum Gasteiger partial charge on any atom is -0.368 e. The first kappa shape index (κ1) is 53.6. The summed E-state index contributed by atoms with van der Waals surface area (Å²) in [7, 11) is 0. The molecule has 0 fully saturated rings. The molecular formula is C51H51N19O5S. The number of thioether (sulfide) groups is 1. The molecule has 0 aliphatic carbocycles. The molecule has 0 aliphatic rings. The lowest BCUT2D eigenvalue weighted by atomic mass is 10.2. The maximum absolute atomic E-state index is 11.7. The van der Waals surface area contributed by atoms with Crippen LogP contribution in [0.1, 0.15) is 57.8 Å². The second kappa shape index (κ2) is 25.0. The van der Waals surface area contributed by atoms with E-state index in [2.05, 4.69) is 71.4 Å². The fourth-order valence-electron chi connectivity index (χ4n) is 7.12. The van der Waals surface area contributed by atoms with E-state index < -0.39 is 41.6 Å². The third kappa shape index (κ3) is 13.9. The number of benzene rings is 3. The quantitative estimate of drug-likeness (QED) is 0.0365. The molecular weight excluding hydrogens is 991 g/mol. The molecule has 6 aromatic heterocycles. The molecule has 0 aliphatic heterocycles. The molecule has 25 heteroatoms. The van der Waals surface area contributed by atoms with E-state index in [1.54, 1.807) is 18.6 Å². The molecule has 9 rings (SSSR count). The van der Waals surface area contributed by atoms with Gasteiger partial charge in [0.05, 0.1) is 16.6 Å². The second-order valence-electron chi connectivity index (χ2n) is 16.2. The molecule has 15 N–H and O–H groups in total. The molecule has 0 saturated heterocycles. The predicted octanol–water partition coefficient (Wildman–Crippen LogP) is 5.68. The number of nitrogens with two attached hydrogens (primary N) is 5. The predicted molar refractivity (Wildman–Crippen MR) is 292 cm³/mol. The van der Waals surface area contributed by atoms with Gasteiger partial charge in [-0.3, -0.25) is 38.9 Å². The molecule has 5 amide bonds. The minimum atomic E-state index is -0.673. The molecule has 0 bridgehead atoms. The molecule has 24 nitrogen and oxygen atoms in total. The van der Waals surface area contributed by atoms with Gasteiger partial charge in [-0.1, -0.05) is 43.8 Å². The highest BCUT2D eigenvalue weighted by Crippen LogP contribution is 2.27. The van der Waals surface area contributed by atoms with Gasteiger partial charge in [0.2, 0.25) is 23.7 Å². The van der Waals surface area contributed by atoms with Gasteiger partial charge in [-0.15, -0.1) is 0 Å². The Balaban J connectivity index is 0.000000167. The number of amides is 5. The number of nitrogens with zero attached hydrogens (tertiary/aromatic N) is 9. The maximum atomic E-state index is 11.7. The summed E-state index contributed by atoms with van der Waals surface area (Å²) in [6.45, 7) is 3.62. The van der Waals surface area contributed by atoms with Crippen LogP contribution in [-0.4, -0.2) is 92.7 Å². The van der Waals surface area contributed by atoms with Gasteiger partial charge in [0.25, 0.3) is 17.7 Å². The van der Waals surface area contributed by atoms with Gasteiger partial charge in [-0.25, -0.2) is 19.9 Å². The third-order valence-corrected chi connectivity index (χ3v) is 11.6. The zero-order valence-electron chi connectivity index (χ0n) is 41.1. The SMILES string of the molecule is CC[C@@H](Nc1ncc(C(N)=O)c(Nc2ccc3ncccc3c2)n1)C(N)=O.CC[C@@H](Nc1ncc(C(N)=O)c(Nc2ccc3ncccc3c2)n1)C(N)=O.CSc1ncc(C(N)=O)c(Nc2ccc3ncccc3c2)n1. The zero-order chi connectivity index (χ0) is 54.3. The van der Waals surface area contributed by atoms with Crippen LogP contribution in [0.5, 0.6) is 0 Å². The van der Waals surface area contributed by atoms with Crippen LogP contribution in [0.4, 0.5) is 46.4 Å². The number of fused-ring (bicyclic) bond motifs is 3. The zero-order valence-corrected chi connectivity index (χ0v) is 41.9. The molecule has 0 saturated carbocycles.